The van der Waals surface area contributed by atoms with Gasteiger partial charge < -0.3 is 20.3 Å². The van der Waals surface area contributed by atoms with Crippen molar-refractivity contribution in [1.29, 1.82) is 0 Å². The van der Waals surface area contributed by atoms with Gasteiger partial charge in [0.05, 0.1) is 13.0 Å². The third-order valence-corrected chi connectivity index (χ3v) is 5.37. The molecule has 6 nitrogen and oxygen atoms in total. The lowest BCUT2D eigenvalue weighted by molar-refractivity contribution is -0.137. The van der Waals surface area contributed by atoms with E-state index in [-0.39, 0.29) is 42.6 Å². The maximum Gasteiger partial charge on any atom is 0.228 e. The molecule has 2 fully saturated rings. The van der Waals surface area contributed by atoms with Gasteiger partial charge in [0.25, 0.3) is 0 Å². The van der Waals surface area contributed by atoms with Crippen LogP contribution in [0.4, 0.5) is 5.69 Å². The van der Waals surface area contributed by atoms with Crippen molar-refractivity contribution in [2.24, 2.45) is 17.6 Å². The van der Waals surface area contributed by atoms with Gasteiger partial charge in [0, 0.05) is 37.8 Å². The third-order valence-electron chi connectivity index (χ3n) is 5.37. The first-order valence-corrected chi connectivity index (χ1v) is 8.98. The second kappa shape index (κ2) is 8.73. The first-order chi connectivity index (χ1) is 12.0. The molecule has 2 N–H and O–H groups in total. The molecule has 2 saturated heterocycles. The summed E-state index contributed by atoms with van der Waals surface area (Å²) in [4.78, 5) is 28.9. The van der Waals surface area contributed by atoms with Gasteiger partial charge in [0.2, 0.25) is 11.8 Å². The number of rotatable bonds is 4. The molecular weight excluding hydrogens is 354 g/mol. The van der Waals surface area contributed by atoms with E-state index >= 15 is 0 Å². The van der Waals surface area contributed by atoms with E-state index in [1.165, 1.54) is 0 Å². The van der Waals surface area contributed by atoms with Gasteiger partial charge in [0.15, 0.2) is 0 Å². The molecule has 2 aliphatic heterocycles. The predicted octanol–water partition coefficient (Wildman–Crippen LogP) is 2.06. The van der Waals surface area contributed by atoms with Gasteiger partial charge in [-0.15, -0.1) is 12.4 Å². The van der Waals surface area contributed by atoms with Crippen molar-refractivity contribution in [3.05, 3.63) is 24.3 Å². The SMILES string of the molecule is COc1ccc(N2CC(C(=O)N3CCCC(C(C)N)C3)CC2=O)cc1.Cl. The molecule has 2 aliphatic rings. The van der Waals surface area contributed by atoms with Crippen molar-refractivity contribution < 1.29 is 14.3 Å². The monoisotopic (exact) mass is 381 g/mol. The zero-order valence-corrected chi connectivity index (χ0v) is 16.2. The number of nitrogens with two attached hydrogens (primary N) is 1. The van der Waals surface area contributed by atoms with Gasteiger partial charge in [-0.25, -0.2) is 0 Å². The van der Waals surface area contributed by atoms with Crippen LogP contribution in [0.15, 0.2) is 24.3 Å². The number of ether oxygens (including phenoxy) is 1. The van der Waals surface area contributed by atoms with E-state index in [1.807, 2.05) is 36.1 Å². The topological polar surface area (TPSA) is 75.9 Å². The van der Waals surface area contributed by atoms with E-state index in [0.717, 1.165) is 30.8 Å². The molecule has 1 aromatic carbocycles. The quantitative estimate of drug-likeness (QED) is 0.866. The van der Waals surface area contributed by atoms with Crippen LogP contribution in [-0.2, 0) is 9.59 Å². The lowest BCUT2D eigenvalue weighted by Gasteiger charge is -2.35. The van der Waals surface area contributed by atoms with Gasteiger partial charge in [0.1, 0.15) is 5.75 Å². The standard InChI is InChI=1S/C19H27N3O3.ClH/c1-13(20)14-4-3-9-21(11-14)19(24)15-10-18(23)22(12-15)16-5-7-17(25-2)8-6-16;/h5-8,13-15H,3-4,9-12,20H2,1-2H3;1H. The number of anilines is 1. The number of amides is 2. The highest BCUT2D eigenvalue weighted by Gasteiger charge is 2.38. The normalized spacial score (nSPS) is 24.2. The van der Waals surface area contributed by atoms with Gasteiger partial charge in [-0.3, -0.25) is 9.59 Å². The highest BCUT2D eigenvalue weighted by atomic mass is 35.5. The van der Waals surface area contributed by atoms with Crippen molar-refractivity contribution in [3.8, 4) is 5.75 Å². The summed E-state index contributed by atoms with van der Waals surface area (Å²) in [5.41, 5.74) is 6.83. The molecule has 0 aliphatic carbocycles. The van der Waals surface area contributed by atoms with E-state index < -0.39 is 0 Å². The Kier molecular flexibility index (Phi) is 6.89. The van der Waals surface area contributed by atoms with Crippen LogP contribution in [0.5, 0.6) is 5.75 Å². The number of carbonyl (C=O) groups excluding carboxylic acids is 2. The summed E-state index contributed by atoms with van der Waals surface area (Å²) in [7, 11) is 1.61. The second-order valence-electron chi connectivity index (χ2n) is 7.15. The molecule has 26 heavy (non-hydrogen) atoms. The Morgan fingerprint density at radius 2 is 1.96 bits per heavy atom. The Morgan fingerprint density at radius 3 is 2.58 bits per heavy atom. The van der Waals surface area contributed by atoms with Crippen LogP contribution in [0, 0.1) is 11.8 Å². The lowest BCUT2D eigenvalue weighted by Crippen LogP contribution is -2.47. The van der Waals surface area contributed by atoms with Gasteiger partial charge in [-0.2, -0.15) is 0 Å². The number of hydrogen-bond donors (Lipinski definition) is 1. The highest BCUT2D eigenvalue weighted by molar-refractivity contribution is 6.00. The lowest BCUT2D eigenvalue weighted by atomic mass is 9.91. The zero-order chi connectivity index (χ0) is 18.0. The minimum Gasteiger partial charge on any atom is -0.497 e. The summed E-state index contributed by atoms with van der Waals surface area (Å²) in [6.45, 7) is 3.94. The average molecular weight is 382 g/mol. The second-order valence-corrected chi connectivity index (χ2v) is 7.15. The summed E-state index contributed by atoms with van der Waals surface area (Å²) in [5.74, 6) is 0.936. The Morgan fingerprint density at radius 1 is 1.27 bits per heavy atom. The number of methoxy groups -OCH3 is 1. The molecule has 0 aromatic heterocycles. The van der Waals surface area contributed by atoms with Crippen molar-refractivity contribution >= 4 is 29.9 Å². The van der Waals surface area contributed by atoms with E-state index in [1.54, 1.807) is 12.0 Å². The van der Waals surface area contributed by atoms with Crippen LogP contribution in [0.25, 0.3) is 0 Å². The van der Waals surface area contributed by atoms with Crippen molar-refractivity contribution in [1.82, 2.24) is 4.90 Å². The molecule has 1 aromatic rings. The van der Waals surface area contributed by atoms with E-state index in [0.29, 0.717) is 19.0 Å². The van der Waals surface area contributed by atoms with E-state index in [4.69, 9.17) is 10.5 Å². The molecule has 0 saturated carbocycles. The Hall–Kier alpha value is -1.79. The molecule has 0 spiro atoms. The van der Waals surface area contributed by atoms with Crippen LogP contribution in [0.1, 0.15) is 26.2 Å². The fourth-order valence-corrected chi connectivity index (χ4v) is 3.78. The maximum absolute atomic E-state index is 12.9. The smallest absolute Gasteiger partial charge is 0.228 e. The average Bonchev–Trinajstić information content (AvgIpc) is 3.03. The highest BCUT2D eigenvalue weighted by Crippen LogP contribution is 2.29. The van der Waals surface area contributed by atoms with Crippen LogP contribution < -0.4 is 15.4 Å². The Balaban J connectivity index is 0.00000243. The molecule has 2 heterocycles. The molecule has 3 unspecified atom stereocenters. The number of piperidine rings is 1. The van der Waals surface area contributed by atoms with Gasteiger partial charge in [-0.05, 0) is 49.9 Å². The molecule has 2 amide bonds. The molecule has 0 bridgehead atoms. The number of halogens is 1. The third kappa shape index (κ3) is 4.30. The molecule has 7 heteroatoms. The first kappa shape index (κ1) is 20.5. The summed E-state index contributed by atoms with van der Waals surface area (Å²) in [5, 5.41) is 0. The molecule has 3 rings (SSSR count). The minimum atomic E-state index is -0.263. The van der Waals surface area contributed by atoms with Gasteiger partial charge in [-0.1, -0.05) is 0 Å². The number of likely N-dealkylation sites (tertiary alicyclic amines) is 1. The molecule has 0 radical (unpaired) electrons. The van der Waals surface area contributed by atoms with Crippen LogP contribution in [0.2, 0.25) is 0 Å². The summed E-state index contributed by atoms with van der Waals surface area (Å²) >= 11 is 0. The number of nitrogens with zero attached hydrogens (tertiary/aromatic N) is 2. The van der Waals surface area contributed by atoms with Crippen LogP contribution in [0.3, 0.4) is 0 Å². The summed E-state index contributed by atoms with van der Waals surface area (Å²) in [6.07, 6.45) is 2.34. The van der Waals surface area contributed by atoms with Crippen molar-refractivity contribution in [3.63, 3.8) is 0 Å². The minimum absolute atomic E-state index is 0. The van der Waals surface area contributed by atoms with Crippen LogP contribution >= 0.6 is 12.4 Å². The predicted molar refractivity (Wildman–Crippen MR) is 104 cm³/mol. The summed E-state index contributed by atoms with van der Waals surface area (Å²) in [6, 6.07) is 7.47. The largest absolute Gasteiger partial charge is 0.497 e. The van der Waals surface area contributed by atoms with Crippen LogP contribution in [-0.4, -0.2) is 49.5 Å². The number of carbonyl (C=O) groups is 2. The fourth-order valence-electron chi connectivity index (χ4n) is 3.78. The number of benzene rings is 1. The number of hydrogen-bond acceptors (Lipinski definition) is 4. The van der Waals surface area contributed by atoms with E-state index in [2.05, 4.69) is 0 Å². The van der Waals surface area contributed by atoms with Crippen molar-refractivity contribution in [2.45, 2.75) is 32.2 Å². The fraction of sp³-hybridized carbons (Fsp3) is 0.579. The molecule has 3 atom stereocenters. The summed E-state index contributed by atoms with van der Waals surface area (Å²) < 4.78 is 5.15. The van der Waals surface area contributed by atoms with Gasteiger partial charge >= 0.3 is 0 Å². The van der Waals surface area contributed by atoms with E-state index in [9.17, 15) is 9.59 Å². The Labute approximate surface area is 161 Å². The molecule has 144 valence electrons. The zero-order valence-electron chi connectivity index (χ0n) is 15.4. The first-order valence-electron chi connectivity index (χ1n) is 8.98. The molecular formula is C19H28ClN3O3. The Bertz CT molecular complexity index is 635. The maximum atomic E-state index is 12.9. The van der Waals surface area contributed by atoms with Crippen molar-refractivity contribution in [2.75, 3.05) is 31.6 Å².